The highest BCUT2D eigenvalue weighted by Gasteiger charge is 2.27. The van der Waals surface area contributed by atoms with Crippen LogP contribution in [0.4, 0.5) is 0 Å². The summed E-state index contributed by atoms with van der Waals surface area (Å²) in [4.78, 5) is 0.375. The summed E-state index contributed by atoms with van der Waals surface area (Å²) in [7, 11) is -3.61. The van der Waals surface area contributed by atoms with Crippen LogP contribution in [0.5, 0.6) is 0 Å². The number of thiophene rings is 1. The third kappa shape index (κ3) is 3.63. The number of fused-ring (bicyclic) bond motifs is 1. The topological polar surface area (TPSA) is 50.5 Å². The van der Waals surface area contributed by atoms with Gasteiger partial charge in [0, 0.05) is 6.54 Å². The van der Waals surface area contributed by atoms with Crippen molar-refractivity contribution >= 4 is 21.4 Å². The van der Waals surface area contributed by atoms with E-state index in [9.17, 15) is 8.42 Å². The Morgan fingerprint density at radius 3 is 2.62 bits per heavy atom. The van der Waals surface area contributed by atoms with E-state index in [2.05, 4.69) is 0 Å². The Kier molecular flexibility index (Phi) is 4.98. The highest BCUT2D eigenvalue weighted by molar-refractivity contribution is 7.89. The molecule has 0 atom stereocenters. The zero-order valence-corrected chi connectivity index (χ0v) is 16.1. The lowest BCUT2D eigenvalue weighted by Gasteiger charge is -2.23. The Morgan fingerprint density at radius 2 is 1.88 bits per heavy atom. The number of aryl methyl sites for hydroxylation is 2. The van der Waals surface area contributed by atoms with E-state index in [0.29, 0.717) is 17.2 Å². The minimum absolute atomic E-state index is 0.224. The summed E-state index contributed by atoms with van der Waals surface area (Å²) in [6, 6.07) is 11.2. The second kappa shape index (κ2) is 7.39. The van der Waals surface area contributed by atoms with Crippen LogP contribution in [-0.4, -0.2) is 12.7 Å². The normalized spacial score (nSPS) is 14.5. The molecule has 0 fully saturated rings. The summed E-state index contributed by atoms with van der Waals surface area (Å²) in [5.74, 6) is 0.641. The molecule has 0 aliphatic heterocycles. The third-order valence-corrected chi connectivity index (χ3v) is 7.33. The van der Waals surface area contributed by atoms with Gasteiger partial charge in [-0.25, -0.2) is 8.42 Å². The maximum atomic E-state index is 13.4. The number of sulfonamides is 1. The van der Waals surface area contributed by atoms with Gasteiger partial charge in [0.1, 0.15) is 5.76 Å². The van der Waals surface area contributed by atoms with E-state index in [4.69, 9.17) is 4.42 Å². The van der Waals surface area contributed by atoms with Crippen LogP contribution in [0, 0.1) is 0 Å². The fourth-order valence-electron chi connectivity index (χ4n) is 3.41. The summed E-state index contributed by atoms with van der Waals surface area (Å²) in [5.41, 5.74) is 3.44. The van der Waals surface area contributed by atoms with E-state index in [0.717, 1.165) is 24.8 Å². The molecule has 3 aromatic rings. The molecule has 0 bridgehead atoms. The zero-order chi connectivity index (χ0) is 18.0. The van der Waals surface area contributed by atoms with Gasteiger partial charge in [0.2, 0.25) is 10.0 Å². The Morgan fingerprint density at radius 1 is 1.04 bits per heavy atom. The Labute approximate surface area is 158 Å². The Hall–Kier alpha value is -1.89. The molecular weight excluding hydrogens is 366 g/mol. The second-order valence-corrected chi connectivity index (χ2v) is 9.34. The molecule has 4 rings (SSSR count). The minimum Gasteiger partial charge on any atom is -0.468 e. The summed E-state index contributed by atoms with van der Waals surface area (Å²) in [6.45, 7) is 0.561. The van der Waals surface area contributed by atoms with E-state index in [1.807, 2.05) is 35.0 Å². The fraction of sp³-hybridized carbons (Fsp3) is 0.300. The molecule has 26 heavy (non-hydrogen) atoms. The van der Waals surface area contributed by atoms with Crippen LogP contribution >= 0.6 is 11.3 Å². The zero-order valence-electron chi connectivity index (χ0n) is 14.4. The lowest BCUT2D eigenvalue weighted by Crippen LogP contribution is -2.30. The van der Waals surface area contributed by atoms with Gasteiger partial charge in [-0.1, -0.05) is 6.07 Å². The maximum absolute atomic E-state index is 13.4. The lowest BCUT2D eigenvalue weighted by molar-refractivity contribution is 0.359. The Balaban J connectivity index is 1.68. The molecule has 0 spiro atoms. The van der Waals surface area contributed by atoms with Gasteiger partial charge in [-0.15, -0.1) is 0 Å². The number of hydrogen-bond acceptors (Lipinski definition) is 4. The largest absolute Gasteiger partial charge is 0.468 e. The van der Waals surface area contributed by atoms with Gasteiger partial charge in [-0.3, -0.25) is 0 Å². The van der Waals surface area contributed by atoms with Gasteiger partial charge in [0.05, 0.1) is 17.7 Å². The van der Waals surface area contributed by atoms with Crippen molar-refractivity contribution in [1.82, 2.24) is 4.31 Å². The van der Waals surface area contributed by atoms with Gasteiger partial charge in [0.15, 0.2) is 0 Å². The van der Waals surface area contributed by atoms with E-state index in [-0.39, 0.29) is 6.54 Å². The standard InChI is InChI=1S/C20H21NO3S2/c22-26(23,20-8-7-17-4-1-2-5-18(17)12-20)21(13-16-9-11-25-15-16)14-19-6-3-10-24-19/h3,6-12,15H,1-2,4-5,13-14H2. The molecule has 0 N–H and O–H groups in total. The fourth-order valence-corrected chi connectivity index (χ4v) is 5.51. The quantitative estimate of drug-likeness (QED) is 0.620. The van der Waals surface area contributed by atoms with Crippen LogP contribution < -0.4 is 0 Å². The summed E-state index contributed by atoms with van der Waals surface area (Å²) in [5, 5.41) is 3.95. The highest BCUT2D eigenvalue weighted by atomic mass is 32.2. The first-order chi connectivity index (χ1) is 12.6. The molecule has 1 aliphatic carbocycles. The second-order valence-electron chi connectivity index (χ2n) is 6.62. The summed E-state index contributed by atoms with van der Waals surface area (Å²) >= 11 is 1.57. The van der Waals surface area contributed by atoms with Crippen LogP contribution in [0.25, 0.3) is 0 Å². The number of nitrogens with zero attached hydrogens (tertiary/aromatic N) is 1. The molecule has 6 heteroatoms. The third-order valence-electron chi connectivity index (χ3n) is 4.81. The molecule has 0 amide bonds. The monoisotopic (exact) mass is 387 g/mol. The van der Waals surface area contributed by atoms with Gasteiger partial charge >= 0.3 is 0 Å². The predicted octanol–water partition coefficient (Wildman–Crippen LogP) is 4.61. The van der Waals surface area contributed by atoms with E-state index in [1.165, 1.54) is 21.9 Å². The van der Waals surface area contributed by atoms with Crippen molar-refractivity contribution in [3.63, 3.8) is 0 Å². The van der Waals surface area contributed by atoms with Crippen molar-refractivity contribution in [2.24, 2.45) is 0 Å². The van der Waals surface area contributed by atoms with E-state index >= 15 is 0 Å². The first-order valence-corrected chi connectivity index (χ1v) is 11.2. The van der Waals surface area contributed by atoms with E-state index in [1.54, 1.807) is 29.7 Å². The highest BCUT2D eigenvalue weighted by Crippen LogP contribution is 2.27. The van der Waals surface area contributed by atoms with Crippen LogP contribution in [-0.2, 0) is 36.0 Å². The van der Waals surface area contributed by atoms with Gasteiger partial charge < -0.3 is 4.42 Å². The summed E-state index contributed by atoms with van der Waals surface area (Å²) < 4.78 is 33.6. The van der Waals surface area contributed by atoms with Crippen LogP contribution in [0.1, 0.15) is 35.3 Å². The van der Waals surface area contributed by atoms with Crippen molar-refractivity contribution in [3.05, 3.63) is 75.9 Å². The van der Waals surface area contributed by atoms with Crippen LogP contribution in [0.3, 0.4) is 0 Å². The smallest absolute Gasteiger partial charge is 0.243 e. The number of furan rings is 1. The van der Waals surface area contributed by atoms with Gasteiger partial charge in [-0.05, 0) is 83.5 Å². The van der Waals surface area contributed by atoms with Crippen LogP contribution in [0.15, 0.2) is 62.7 Å². The number of hydrogen-bond donors (Lipinski definition) is 0. The van der Waals surface area contributed by atoms with Crippen molar-refractivity contribution in [3.8, 4) is 0 Å². The van der Waals surface area contributed by atoms with Crippen molar-refractivity contribution < 1.29 is 12.8 Å². The molecule has 2 aromatic heterocycles. The molecule has 0 unspecified atom stereocenters. The van der Waals surface area contributed by atoms with Crippen LogP contribution in [0.2, 0.25) is 0 Å². The first-order valence-electron chi connectivity index (χ1n) is 8.78. The molecule has 0 saturated heterocycles. The summed E-state index contributed by atoms with van der Waals surface area (Å²) in [6.07, 6.45) is 5.88. The Bertz CT molecular complexity index is 924. The first kappa shape index (κ1) is 17.5. The maximum Gasteiger partial charge on any atom is 0.243 e. The molecule has 2 heterocycles. The van der Waals surface area contributed by atoms with Gasteiger partial charge in [-0.2, -0.15) is 15.6 Å². The average Bonchev–Trinajstić information content (AvgIpc) is 3.35. The van der Waals surface area contributed by atoms with Crippen molar-refractivity contribution in [1.29, 1.82) is 0 Å². The SMILES string of the molecule is O=S(=O)(c1ccc2c(c1)CCCC2)N(Cc1ccsc1)Cc1ccco1. The molecule has 0 radical (unpaired) electrons. The minimum atomic E-state index is -3.61. The number of benzene rings is 1. The molecular formula is C20H21NO3S2. The van der Waals surface area contributed by atoms with Crippen molar-refractivity contribution in [2.45, 2.75) is 43.7 Å². The molecule has 136 valence electrons. The predicted molar refractivity (Wildman–Crippen MR) is 103 cm³/mol. The molecule has 4 nitrogen and oxygen atoms in total. The van der Waals surface area contributed by atoms with Crippen molar-refractivity contribution in [2.75, 3.05) is 0 Å². The lowest BCUT2D eigenvalue weighted by atomic mass is 9.92. The van der Waals surface area contributed by atoms with E-state index < -0.39 is 10.0 Å². The molecule has 1 aromatic carbocycles. The molecule has 1 aliphatic rings. The average molecular weight is 388 g/mol. The van der Waals surface area contributed by atoms with Gasteiger partial charge in [0.25, 0.3) is 0 Å². The number of rotatable bonds is 6. The molecule has 0 saturated carbocycles.